The van der Waals surface area contributed by atoms with Crippen molar-refractivity contribution < 1.29 is 4.79 Å². The highest BCUT2D eigenvalue weighted by molar-refractivity contribution is 5.80. The van der Waals surface area contributed by atoms with Gasteiger partial charge in [-0.25, -0.2) is 0 Å². The third-order valence-corrected chi connectivity index (χ3v) is 0.357. The Kier molecular flexibility index (Phi) is 0.259. The summed E-state index contributed by atoms with van der Waals surface area (Å²) in [5, 5.41) is 4.56. The van der Waals surface area contributed by atoms with Gasteiger partial charge in [0.2, 0.25) is 6.41 Å². The molecule has 5 heavy (non-hydrogen) atoms. The molecule has 0 fully saturated rings. The van der Waals surface area contributed by atoms with Gasteiger partial charge in [-0.1, -0.05) is 0 Å². The van der Waals surface area contributed by atoms with E-state index < -0.39 is 0 Å². The van der Waals surface area contributed by atoms with Crippen molar-refractivity contribution in [1.82, 2.24) is 5.01 Å². The van der Waals surface area contributed by atoms with E-state index in [1.165, 1.54) is 11.3 Å². The Balaban J connectivity index is 2.28. The van der Waals surface area contributed by atoms with Crippen molar-refractivity contribution in [3.63, 3.8) is 0 Å². The second-order valence-electron chi connectivity index (χ2n) is 0.716. The van der Waals surface area contributed by atoms with Gasteiger partial charge in [0.1, 0.15) is 6.34 Å². The fraction of sp³-hybridized carbons (Fsp3) is 0. The van der Waals surface area contributed by atoms with Crippen molar-refractivity contribution in [2.24, 2.45) is 5.10 Å². The monoisotopic (exact) mass is 70.0 g/mol. The van der Waals surface area contributed by atoms with Gasteiger partial charge < -0.3 is 0 Å². The second kappa shape index (κ2) is 0.544. The molecular weight excluding hydrogens is 68.0 g/mol. The van der Waals surface area contributed by atoms with Gasteiger partial charge >= 0.3 is 0 Å². The van der Waals surface area contributed by atoms with Crippen LogP contribution in [0.4, 0.5) is 0 Å². The lowest BCUT2D eigenvalue weighted by molar-refractivity contribution is -0.113. The number of hydrogen-bond acceptors (Lipinski definition) is 2. The van der Waals surface area contributed by atoms with Crippen LogP contribution in [0.5, 0.6) is 0 Å². The summed E-state index contributed by atoms with van der Waals surface area (Å²) in [5.74, 6) is 0. The summed E-state index contributed by atoms with van der Waals surface area (Å²) in [7, 11) is 0. The Bertz CT molecular complexity index is 71.7. The minimum absolute atomic E-state index is 0.639. The van der Waals surface area contributed by atoms with Gasteiger partial charge in [0.05, 0.1) is 0 Å². The summed E-state index contributed by atoms with van der Waals surface area (Å²) in [6, 6.07) is 0. The largest absolute Gasteiger partial charge is 0.276 e. The smallest absolute Gasteiger partial charge is 0.235 e. The van der Waals surface area contributed by atoms with Crippen molar-refractivity contribution in [3.05, 3.63) is 0 Å². The number of amides is 1. The van der Waals surface area contributed by atoms with E-state index in [4.69, 9.17) is 0 Å². The molecule has 0 saturated heterocycles. The van der Waals surface area contributed by atoms with Crippen molar-refractivity contribution in [1.29, 1.82) is 0 Å². The summed E-state index contributed by atoms with van der Waals surface area (Å²) in [5.41, 5.74) is 0. The van der Waals surface area contributed by atoms with Crippen LogP contribution >= 0.6 is 0 Å². The number of carbonyl (C=O) groups is 1. The SMILES string of the molecule is O=CN1C=N1. The van der Waals surface area contributed by atoms with Crippen molar-refractivity contribution in [2.75, 3.05) is 0 Å². The van der Waals surface area contributed by atoms with Gasteiger partial charge in [-0.2, -0.15) is 10.1 Å². The minimum atomic E-state index is 0.639. The van der Waals surface area contributed by atoms with Gasteiger partial charge in [-0.3, -0.25) is 4.79 Å². The number of hydrazone groups is 1. The average Bonchev–Trinajstić information content (AvgIpc) is 2.12. The predicted octanol–water partition coefficient (Wildman–Crippen LogP) is -0.598. The van der Waals surface area contributed by atoms with Crippen molar-refractivity contribution >= 4 is 12.7 Å². The third kappa shape index (κ3) is 0.238. The van der Waals surface area contributed by atoms with Crippen LogP contribution in [0.15, 0.2) is 5.10 Å². The fourth-order valence-electron chi connectivity index (χ4n) is 0.0842. The molecule has 0 aromatic heterocycles. The van der Waals surface area contributed by atoms with Crippen LogP contribution in [0.1, 0.15) is 0 Å². The number of nitrogens with zero attached hydrogens (tertiary/aromatic N) is 2. The van der Waals surface area contributed by atoms with E-state index in [1.54, 1.807) is 0 Å². The zero-order valence-corrected chi connectivity index (χ0v) is 2.46. The highest BCUT2D eigenvalue weighted by Gasteiger charge is 2.00. The molecule has 26 valence electrons. The van der Waals surface area contributed by atoms with E-state index in [-0.39, 0.29) is 0 Å². The molecule has 1 amide bonds. The summed E-state index contributed by atoms with van der Waals surface area (Å²) in [6.07, 6.45) is 2.08. The van der Waals surface area contributed by atoms with Crippen LogP contribution in [0.25, 0.3) is 0 Å². The summed E-state index contributed by atoms with van der Waals surface area (Å²) < 4.78 is 0. The first-order valence-electron chi connectivity index (χ1n) is 1.21. The Morgan fingerprint density at radius 1 is 2.00 bits per heavy atom. The molecule has 3 nitrogen and oxygen atoms in total. The molecule has 0 aromatic carbocycles. The fourth-order valence-corrected chi connectivity index (χ4v) is 0.0842. The van der Waals surface area contributed by atoms with E-state index in [0.29, 0.717) is 6.41 Å². The van der Waals surface area contributed by atoms with Crippen molar-refractivity contribution in [2.45, 2.75) is 0 Å². The lowest BCUT2D eigenvalue weighted by Crippen LogP contribution is -1.88. The van der Waals surface area contributed by atoms with Gasteiger partial charge in [0, 0.05) is 0 Å². The van der Waals surface area contributed by atoms with Crippen LogP contribution < -0.4 is 0 Å². The second-order valence-corrected chi connectivity index (χ2v) is 0.716. The van der Waals surface area contributed by atoms with Gasteiger partial charge in [-0.05, 0) is 0 Å². The standard InChI is InChI=1S/C2H2N2O/c5-2-4-1-3-4/h1-2H. The lowest BCUT2D eigenvalue weighted by atomic mass is 11.2. The van der Waals surface area contributed by atoms with Crippen LogP contribution in [0.3, 0.4) is 0 Å². The number of hydrogen-bond donors (Lipinski definition) is 0. The van der Waals surface area contributed by atoms with E-state index in [9.17, 15) is 4.79 Å². The summed E-state index contributed by atoms with van der Waals surface area (Å²) in [4.78, 5) is 9.37. The first kappa shape index (κ1) is 2.38. The average molecular weight is 70.1 g/mol. The lowest BCUT2D eigenvalue weighted by Gasteiger charge is -1.68. The van der Waals surface area contributed by atoms with Gasteiger partial charge in [0.25, 0.3) is 0 Å². The predicted molar refractivity (Wildman–Crippen MR) is 16.4 cm³/mol. The van der Waals surface area contributed by atoms with E-state index in [1.807, 2.05) is 0 Å². The molecular formula is C2H2N2O. The molecule has 0 radical (unpaired) electrons. The van der Waals surface area contributed by atoms with Crippen LogP contribution in [-0.4, -0.2) is 17.8 Å². The Morgan fingerprint density at radius 2 is 2.60 bits per heavy atom. The van der Waals surface area contributed by atoms with Gasteiger partial charge in [-0.15, -0.1) is 0 Å². The quantitative estimate of drug-likeness (QED) is 0.379. The molecule has 1 rings (SSSR count). The van der Waals surface area contributed by atoms with E-state index in [2.05, 4.69) is 5.10 Å². The first-order valence-corrected chi connectivity index (χ1v) is 1.21. The maximum absolute atomic E-state index is 9.37. The molecule has 0 aromatic rings. The molecule has 0 unspecified atom stereocenters. The minimum Gasteiger partial charge on any atom is -0.276 e. The highest BCUT2D eigenvalue weighted by Crippen LogP contribution is 1.88. The Morgan fingerprint density at radius 3 is 2.60 bits per heavy atom. The zero-order chi connectivity index (χ0) is 3.70. The number of rotatable bonds is 1. The zero-order valence-electron chi connectivity index (χ0n) is 2.46. The number of carbonyl (C=O) groups excluding carboxylic acids is 1. The maximum atomic E-state index is 9.37. The van der Waals surface area contributed by atoms with Crippen LogP contribution in [-0.2, 0) is 4.79 Å². The topological polar surface area (TPSA) is 32.4 Å². The maximum Gasteiger partial charge on any atom is 0.235 e. The van der Waals surface area contributed by atoms with Gasteiger partial charge in [0.15, 0.2) is 0 Å². The van der Waals surface area contributed by atoms with Crippen LogP contribution in [0, 0.1) is 0 Å². The molecule has 0 aliphatic carbocycles. The highest BCUT2D eigenvalue weighted by atomic mass is 16.2. The Hall–Kier alpha value is -0.860. The summed E-state index contributed by atoms with van der Waals surface area (Å²) >= 11 is 0. The molecule has 0 saturated carbocycles. The normalized spacial score (nSPS) is 15.6. The molecule has 0 atom stereocenters. The van der Waals surface area contributed by atoms with Crippen molar-refractivity contribution in [3.8, 4) is 0 Å². The molecule has 0 N–H and O–H groups in total. The molecule has 1 aliphatic rings. The molecule has 1 heterocycles. The summed E-state index contributed by atoms with van der Waals surface area (Å²) in [6.45, 7) is 0. The molecule has 0 spiro atoms. The molecule has 3 heteroatoms. The Labute approximate surface area is 28.9 Å². The van der Waals surface area contributed by atoms with Crippen LogP contribution in [0.2, 0.25) is 0 Å². The molecule has 0 bridgehead atoms. The first-order chi connectivity index (χ1) is 2.43. The molecule has 1 aliphatic heterocycles. The van der Waals surface area contributed by atoms with E-state index in [0.717, 1.165) is 0 Å². The van der Waals surface area contributed by atoms with E-state index >= 15 is 0 Å². The third-order valence-electron chi connectivity index (χ3n) is 0.357.